The highest BCUT2D eigenvalue weighted by Gasteiger charge is 1.98. The number of nitrogens with two attached hydrogens (primary N) is 1. The summed E-state index contributed by atoms with van der Waals surface area (Å²) in [6.07, 6.45) is 0.887. The Morgan fingerprint density at radius 1 is 1.40 bits per heavy atom. The highest BCUT2D eigenvalue weighted by molar-refractivity contribution is 5.75. The molecule has 1 amide bonds. The topological polar surface area (TPSA) is 64.3 Å². The molecule has 0 aromatic heterocycles. The first-order valence-electron chi connectivity index (χ1n) is 4.60. The van der Waals surface area contributed by atoms with Crippen molar-refractivity contribution in [2.24, 2.45) is 5.84 Å². The number of hydrogen-bond acceptors (Lipinski definition) is 3. The maximum atomic E-state index is 12.5. The van der Waals surface area contributed by atoms with Gasteiger partial charge < -0.3 is 4.74 Å². The number of carbonyl (C=O) groups excluding carboxylic acids is 1. The first kappa shape index (κ1) is 11.5. The predicted octanol–water partition coefficient (Wildman–Crippen LogP) is 0.975. The van der Waals surface area contributed by atoms with E-state index < -0.39 is 0 Å². The third kappa shape index (κ3) is 4.42. The van der Waals surface area contributed by atoms with E-state index in [1.807, 2.05) is 5.43 Å². The number of rotatable bonds is 5. The predicted molar refractivity (Wildman–Crippen MR) is 53.5 cm³/mol. The van der Waals surface area contributed by atoms with E-state index in [1.165, 1.54) is 12.1 Å². The van der Waals surface area contributed by atoms with Crippen LogP contribution in [0.3, 0.4) is 0 Å². The minimum absolute atomic E-state index is 0.224. The molecular formula is C10H13FN2O2. The summed E-state index contributed by atoms with van der Waals surface area (Å²) >= 11 is 0. The summed E-state index contributed by atoms with van der Waals surface area (Å²) < 4.78 is 17.8. The SMILES string of the molecule is NNC(=O)CCCOc1ccc(F)cc1. The van der Waals surface area contributed by atoms with E-state index in [9.17, 15) is 9.18 Å². The number of halogens is 1. The van der Waals surface area contributed by atoms with E-state index >= 15 is 0 Å². The van der Waals surface area contributed by atoms with Crippen LogP contribution in [0.5, 0.6) is 5.75 Å². The van der Waals surface area contributed by atoms with Gasteiger partial charge in [0.1, 0.15) is 11.6 Å². The van der Waals surface area contributed by atoms with Crippen LogP contribution in [0.25, 0.3) is 0 Å². The number of amides is 1. The first-order valence-corrected chi connectivity index (χ1v) is 4.60. The molecule has 15 heavy (non-hydrogen) atoms. The Hall–Kier alpha value is -1.62. The highest BCUT2D eigenvalue weighted by Crippen LogP contribution is 2.11. The summed E-state index contributed by atoms with van der Waals surface area (Å²) in [5.74, 6) is 4.96. The van der Waals surface area contributed by atoms with Gasteiger partial charge in [0.05, 0.1) is 6.61 Å². The van der Waals surface area contributed by atoms with Crippen LogP contribution in [0.4, 0.5) is 4.39 Å². The molecule has 0 atom stereocenters. The van der Waals surface area contributed by atoms with Gasteiger partial charge in [0, 0.05) is 6.42 Å². The zero-order valence-electron chi connectivity index (χ0n) is 8.20. The molecular weight excluding hydrogens is 199 g/mol. The molecule has 0 unspecified atom stereocenters. The molecule has 0 aliphatic heterocycles. The molecule has 0 bridgehead atoms. The second-order valence-electron chi connectivity index (χ2n) is 2.97. The van der Waals surface area contributed by atoms with Crippen molar-refractivity contribution in [1.82, 2.24) is 5.43 Å². The van der Waals surface area contributed by atoms with E-state index in [0.717, 1.165) is 0 Å². The van der Waals surface area contributed by atoms with E-state index in [2.05, 4.69) is 0 Å². The molecule has 0 aliphatic carbocycles. The molecule has 82 valence electrons. The third-order valence-electron chi connectivity index (χ3n) is 1.79. The molecule has 0 saturated heterocycles. The monoisotopic (exact) mass is 212 g/mol. The molecule has 0 saturated carbocycles. The molecule has 3 N–H and O–H groups in total. The van der Waals surface area contributed by atoms with Gasteiger partial charge in [0.25, 0.3) is 0 Å². The van der Waals surface area contributed by atoms with Gasteiger partial charge in [0.2, 0.25) is 5.91 Å². The summed E-state index contributed by atoms with van der Waals surface area (Å²) in [6.45, 7) is 0.402. The first-order chi connectivity index (χ1) is 7.22. The lowest BCUT2D eigenvalue weighted by Crippen LogP contribution is -2.29. The highest BCUT2D eigenvalue weighted by atomic mass is 19.1. The molecule has 1 aromatic carbocycles. The summed E-state index contributed by atoms with van der Waals surface area (Å²) in [6, 6.07) is 5.72. The van der Waals surface area contributed by atoms with Gasteiger partial charge in [-0.2, -0.15) is 0 Å². The van der Waals surface area contributed by atoms with Crippen molar-refractivity contribution in [3.63, 3.8) is 0 Å². The summed E-state index contributed by atoms with van der Waals surface area (Å²) in [4.78, 5) is 10.7. The van der Waals surface area contributed by atoms with Crippen LogP contribution in [-0.4, -0.2) is 12.5 Å². The second-order valence-corrected chi connectivity index (χ2v) is 2.97. The average Bonchev–Trinajstić information content (AvgIpc) is 2.26. The molecule has 0 spiro atoms. The van der Waals surface area contributed by atoms with Crippen LogP contribution in [0, 0.1) is 5.82 Å². The summed E-state index contributed by atoms with van der Waals surface area (Å²) in [7, 11) is 0. The molecule has 4 nitrogen and oxygen atoms in total. The van der Waals surface area contributed by atoms with Gasteiger partial charge >= 0.3 is 0 Å². The van der Waals surface area contributed by atoms with Gasteiger partial charge in [-0.1, -0.05) is 0 Å². The van der Waals surface area contributed by atoms with E-state index in [0.29, 0.717) is 25.2 Å². The Labute approximate surface area is 87.2 Å². The molecule has 0 fully saturated rings. The number of hydrazine groups is 1. The lowest BCUT2D eigenvalue weighted by Gasteiger charge is -2.05. The second kappa shape index (κ2) is 5.98. The molecule has 1 aromatic rings. The summed E-state index contributed by atoms with van der Waals surface area (Å²) in [5.41, 5.74) is 2.03. The minimum atomic E-state index is -0.301. The molecule has 0 heterocycles. The van der Waals surface area contributed by atoms with Crippen molar-refractivity contribution in [2.45, 2.75) is 12.8 Å². The fourth-order valence-electron chi connectivity index (χ4n) is 1.03. The van der Waals surface area contributed by atoms with E-state index in [-0.39, 0.29) is 11.7 Å². The van der Waals surface area contributed by atoms with Crippen LogP contribution in [-0.2, 0) is 4.79 Å². The van der Waals surface area contributed by atoms with Gasteiger partial charge in [-0.15, -0.1) is 0 Å². The molecule has 5 heteroatoms. The number of ether oxygens (including phenoxy) is 1. The van der Waals surface area contributed by atoms with Crippen molar-refractivity contribution in [3.8, 4) is 5.75 Å². The molecule has 1 rings (SSSR count). The van der Waals surface area contributed by atoms with Crippen LogP contribution in [0.2, 0.25) is 0 Å². The van der Waals surface area contributed by atoms with Crippen molar-refractivity contribution < 1.29 is 13.9 Å². The van der Waals surface area contributed by atoms with Crippen molar-refractivity contribution in [1.29, 1.82) is 0 Å². The Bertz CT molecular complexity index is 314. The lowest BCUT2D eigenvalue weighted by molar-refractivity contribution is -0.121. The van der Waals surface area contributed by atoms with Gasteiger partial charge in [-0.25, -0.2) is 10.2 Å². The van der Waals surface area contributed by atoms with Crippen LogP contribution in [0.15, 0.2) is 24.3 Å². The normalized spacial score (nSPS) is 9.73. The third-order valence-corrected chi connectivity index (χ3v) is 1.79. The smallest absolute Gasteiger partial charge is 0.234 e. The van der Waals surface area contributed by atoms with Gasteiger partial charge in [0.15, 0.2) is 0 Å². The maximum absolute atomic E-state index is 12.5. The van der Waals surface area contributed by atoms with Crippen molar-refractivity contribution in [2.75, 3.05) is 6.61 Å². The Balaban J connectivity index is 2.20. The number of hydrogen-bond donors (Lipinski definition) is 2. The Morgan fingerprint density at radius 2 is 2.07 bits per heavy atom. The van der Waals surface area contributed by atoms with Gasteiger partial charge in [-0.05, 0) is 30.7 Å². The minimum Gasteiger partial charge on any atom is -0.494 e. The Kier molecular flexibility index (Phi) is 4.56. The number of carbonyl (C=O) groups is 1. The van der Waals surface area contributed by atoms with Crippen LogP contribution < -0.4 is 16.0 Å². The maximum Gasteiger partial charge on any atom is 0.234 e. The van der Waals surface area contributed by atoms with Crippen LogP contribution >= 0.6 is 0 Å². The molecule has 0 radical (unpaired) electrons. The van der Waals surface area contributed by atoms with E-state index in [1.54, 1.807) is 12.1 Å². The van der Waals surface area contributed by atoms with Crippen LogP contribution in [0.1, 0.15) is 12.8 Å². The summed E-state index contributed by atoms with van der Waals surface area (Å²) in [5, 5.41) is 0. The fourth-order valence-corrected chi connectivity index (χ4v) is 1.03. The standard InChI is InChI=1S/C10H13FN2O2/c11-8-3-5-9(6-4-8)15-7-1-2-10(14)13-12/h3-6H,1-2,7,12H2,(H,13,14). The largest absolute Gasteiger partial charge is 0.494 e. The fraction of sp³-hybridized carbons (Fsp3) is 0.300. The number of benzene rings is 1. The van der Waals surface area contributed by atoms with Crippen molar-refractivity contribution in [3.05, 3.63) is 30.1 Å². The quantitative estimate of drug-likeness (QED) is 0.331. The van der Waals surface area contributed by atoms with E-state index in [4.69, 9.17) is 10.6 Å². The lowest BCUT2D eigenvalue weighted by atomic mass is 10.3. The number of nitrogens with one attached hydrogen (secondary N) is 1. The zero-order chi connectivity index (χ0) is 11.1. The van der Waals surface area contributed by atoms with Crippen molar-refractivity contribution >= 4 is 5.91 Å². The molecule has 0 aliphatic rings. The zero-order valence-corrected chi connectivity index (χ0v) is 8.20. The van der Waals surface area contributed by atoms with Gasteiger partial charge in [-0.3, -0.25) is 10.2 Å². The average molecular weight is 212 g/mol. The Morgan fingerprint density at radius 3 is 2.67 bits per heavy atom.